The molecule has 3 heterocycles. The van der Waals surface area contributed by atoms with Gasteiger partial charge in [0.15, 0.2) is 5.69 Å². The van der Waals surface area contributed by atoms with Crippen molar-refractivity contribution in [2.45, 2.75) is 57.3 Å². The second kappa shape index (κ2) is 7.21. The summed E-state index contributed by atoms with van der Waals surface area (Å²) in [7, 11) is 0. The number of aromatic nitrogens is 2. The molecule has 31 heavy (non-hydrogen) atoms. The molecule has 2 aliphatic heterocycles. The van der Waals surface area contributed by atoms with Crippen molar-refractivity contribution in [1.82, 2.24) is 9.97 Å². The van der Waals surface area contributed by atoms with E-state index in [9.17, 15) is 23.1 Å². The van der Waals surface area contributed by atoms with Crippen LogP contribution < -0.4 is 9.80 Å². The molecule has 170 valence electrons. The third-order valence-electron chi connectivity index (χ3n) is 7.24. The molecule has 7 nitrogen and oxygen atoms in total. The van der Waals surface area contributed by atoms with Gasteiger partial charge < -0.3 is 19.6 Å². The number of aliphatic hydroxyl groups is 1. The van der Waals surface area contributed by atoms with Crippen molar-refractivity contribution < 1.29 is 27.8 Å². The molecular weight excluding hydrogens is 413 g/mol. The maximum absolute atomic E-state index is 14.0. The molecule has 1 aromatic heterocycles. The number of hydrogen-bond acceptors (Lipinski definition) is 7. The first kappa shape index (κ1) is 20.8. The van der Waals surface area contributed by atoms with Crippen LogP contribution in [0, 0.1) is 17.8 Å². The zero-order valence-electron chi connectivity index (χ0n) is 17.6. The number of fused-ring (bicyclic) bond motifs is 1. The number of rotatable bonds is 6. The number of β-amino-alcohol motifs (C(OH)–C–C–N with tert-alkyl or cyclic N) is 1. The molecule has 0 bridgehead atoms. The lowest BCUT2D eigenvalue weighted by Crippen LogP contribution is -2.59. The molecule has 1 aromatic rings. The van der Waals surface area contributed by atoms with Gasteiger partial charge in [0.2, 0.25) is 5.95 Å². The minimum absolute atomic E-state index is 0.0353. The first-order chi connectivity index (χ1) is 14.7. The summed E-state index contributed by atoms with van der Waals surface area (Å²) in [6.45, 7) is 5.31. The molecule has 0 amide bonds. The number of esters is 1. The van der Waals surface area contributed by atoms with E-state index in [-0.39, 0.29) is 53.7 Å². The molecule has 4 fully saturated rings. The highest BCUT2D eigenvalue weighted by molar-refractivity contribution is 5.70. The summed E-state index contributed by atoms with van der Waals surface area (Å²) in [5.74, 6) is 0.869. The van der Waals surface area contributed by atoms with Crippen molar-refractivity contribution in [3.05, 3.63) is 11.3 Å². The molecule has 2 saturated heterocycles. The van der Waals surface area contributed by atoms with Gasteiger partial charge in [-0.15, -0.1) is 0 Å². The van der Waals surface area contributed by atoms with Gasteiger partial charge in [0.25, 0.3) is 0 Å². The summed E-state index contributed by atoms with van der Waals surface area (Å²) in [6.07, 6.45) is -3.36. The van der Waals surface area contributed by atoms with Gasteiger partial charge in [0, 0.05) is 31.6 Å². The number of aliphatic hydroxyl groups excluding tert-OH is 1. The fourth-order valence-electron chi connectivity index (χ4n) is 5.17. The van der Waals surface area contributed by atoms with E-state index >= 15 is 0 Å². The third-order valence-corrected chi connectivity index (χ3v) is 7.24. The molecular formula is C21H27F3N4O3. The SMILES string of the molecule is CCOC(=O)CC1C2CN(c3nc(N4C[C@@H](O)[C@@H]4C)nc(C(F)(F)F)c3C3CC3)CC12. The first-order valence-corrected chi connectivity index (χ1v) is 11.0. The van der Waals surface area contributed by atoms with Crippen LogP contribution in [0.5, 0.6) is 0 Å². The maximum atomic E-state index is 14.0. The zero-order valence-corrected chi connectivity index (χ0v) is 17.6. The number of halogens is 3. The third kappa shape index (κ3) is 3.62. The highest BCUT2D eigenvalue weighted by Crippen LogP contribution is 2.56. The van der Waals surface area contributed by atoms with Crippen LogP contribution in [-0.2, 0) is 15.7 Å². The van der Waals surface area contributed by atoms with E-state index in [1.165, 1.54) is 0 Å². The van der Waals surface area contributed by atoms with E-state index in [4.69, 9.17) is 4.74 Å². The standard InChI is InChI=1S/C21H27F3N4O3/c1-3-31-16(30)6-12-13-7-27(8-14(12)13)19-17(11-4-5-11)18(21(22,23)24)25-20(26-19)28-9-15(29)10(28)2/h10-15,29H,3-9H2,1-2H3/t10-,12?,13?,14?,15+/m0/s1. The zero-order chi connectivity index (χ0) is 22.1. The number of carbonyl (C=O) groups is 1. The van der Waals surface area contributed by atoms with Gasteiger partial charge in [-0.2, -0.15) is 18.2 Å². The lowest BCUT2D eigenvalue weighted by molar-refractivity contribution is -0.144. The number of alkyl halides is 3. The smallest absolute Gasteiger partial charge is 0.433 e. The number of piperidine rings is 1. The van der Waals surface area contributed by atoms with Crippen molar-refractivity contribution >= 4 is 17.7 Å². The van der Waals surface area contributed by atoms with Gasteiger partial charge >= 0.3 is 12.1 Å². The van der Waals surface area contributed by atoms with Crippen molar-refractivity contribution in [3.8, 4) is 0 Å². The van der Waals surface area contributed by atoms with Crippen LogP contribution in [0.4, 0.5) is 24.9 Å². The molecule has 1 N–H and O–H groups in total. The minimum atomic E-state index is -4.56. The Morgan fingerprint density at radius 3 is 2.39 bits per heavy atom. The highest BCUT2D eigenvalue weighted by Gasteiger charge is 2.57. The largest absolute Gasteiger partial charge is 0.466 e. The predicted octanol–water partition coefficient (Wildman–Crippen LogP) is 2.58. The van der Waals surface area contributed by atoms with E-state index in [2.05, 4.69) is 9.97 Å². The van der Waals surface area contributed by atoms with Crippen molar-refractivity contribution in [1.29, 1.82) is 0 Å². The van der Waals surface area contributed by atoms with Crippen molar-refractivity contribution in [2.75, 3.05) is 36.0 Å². The Morgan fingerprint density at radius 1 is 1.19 bits per heavy atom. The Bertz CT molecular complexity index is 879. The molecule has 2 aliphatic carbocycles. The van der Waals surface area contributed by atoms with Gasteiger partial charge in [0.05, 0.1) is 18.8 Å². The summed E-state index contributed by atoms with van der Waals surface area (Å²) in [5, 5.41) is 9.82. The number of carbonyl (C=O) groups excluding carboxylic acids is 1. The summed E-state index contributed by atoms with van der Waals surface area (Å²) < 4.78 is 47.0. The predicted molar refractivity (Wildman–Crippen MR) is 106 cm³/mol. The average molecular weight is 440 g/mol. The normalized spacial score (nSPS) is 32.0. The van der Waals surface area contributed by atoms with Gasteiger partial charge in [-0.3, -0.25) is 4.79 Å². The van der Waals surface area contributed by atoms with Crippen LogP contribution in [0.15, 0.2) is 0 Å². The molecule has 4 atom stereocenters. The van der Waals surface area contributed by atoms with Crippen LogP contribution in [0.2, 0.25) is 0 Å². The second-order valence-electron chi connectivity index (χ2n) is 9.25. The van der Waals surface area contributed by atoms with Crippen LogP contribution in [0.1, 0.15) is 50.3 Å². The summed E-state index contributed by atoms with van der Waals surface area (Å²) in [5.41, 5.74) is -0.625. The van der Waals surface area contributed by atoms with E-state index in [0.29, 0.717) is 44.8 Å². The summed E-state index contributed by atoms with van der Waals surface area (Å²) in [6, 6.07) is -0.318. The maximum Gasteiger partial charge on any atom is 0.433 e. The van der Waals surface area contributed by atoms with Gasteiger partial charge in [-0.05, 0) is 50.4 Å². The average Bonchev–Trinajstić information content (AvgIpc) is 3.61. The second-order valence-corrected chi connectivity index (χ2v) is 9.25. The topological polar surface area (TPSA) is 78.8 Å². The number of nitrogens with zero attached hydrogens (tertiary/aromatic N) is 4. The molecule has 0 aromatic carbocycles. The molecule has 0 radical (unpaired) electrons. The van der Waals surface area contributed by atoms with E-state index in [1.807, 2.05) is 4.90 Å². The Kier molecular flexibility index (Phi) is 4.84. The Labute approximate surface area is 178 Å². The Morgan fingerprint density at radius 2 is 1.87 bits per heavy atom. The van der Waals surface area contributed by atoms with Crippen LogP contribution in [-0.4, -0.2) is 59.4 Å². The van der Waals surface area contributed by atoms with Crippen LogP contribution in [0.3, 0.4) is 0 Å². The molecule has 4 aliphatic rings. The van der Waals surface area contributed by atoms with Crippen LogP contribution in [0.25, 0.3) is 0 Å². The number of ether oxygens (including phenoxy) is 1. The molecule has 0 spiro atoms. The summed E-state index contributed by atoms with van der Waals surface area (Å²) >= 11 is 0. The fraction of sp³-hybridized carbons (Fsp3) is 0.762. The minimum Gasteiger partial charge on any atom is -0.466 e. The van der Waals surface area contributed by atoms with Gasteiger partial charge in [0.1, 0.15) is 5.82 Å². The monoisotopic (exact) mass is 440 g/mol. The van der Waals surface area contributed by atoms with Crippen molar-refractivity contribution in [3.63, 3.8) is 0 Å². The fourth-order valence-corrected chi connectivity index (χ4v) is 5.17. The Balaban J connectivity index is 1.43. The molecule has 10 heteroatoms. The number of hydrogen-bond donors (Lipinski definition) is 1. The Hall–Kier alpha value is -2.10. The van der Waals surface area contributed by atoms with Crippen molar-refractivity contribution in [2.24, 2.45) is 17.8 Å². The number of anilines is 2. The lowest BCUT2D eigenvalue weighted by atomic mass is 10.0. The molecule has 5 rings (SSSR count). The molecule has 2 unspecified atom stereocenters. The highest BCUT2D eigenvalue weighted by atomic mass is 19.4. The quantitative estimate of drug-likeness (QED) is 0.681. The van der Waals surface area contributed by atoms with E-state index < -0.39 is 18.0 Å². The van der Waals surface area contributed by atoms with Gasteiger partial charge in [-0.25, -0.2) is 4.98 Å². The summed E-state index contributed by atoms with van der Waals surface area (Å²) in [4.78, 5) is 23.9. The van der Waals surface area contributed by atoms with E-state index in [1.54, 1.807) is 18.7 Å². The first-order valence-electron chi connectivity index (χ1n) is 11.0. The van der Waals surface area contributed by atoms with Crippen LogP contribution >= 0.6 is 0 Å². The molecule has 2 saturated carbocycles. The van der Waals surface area contributed by atoms with Gasteiger partial charge in [-0.1, -0.05) is 0 Å². The lowest BCUT2D eigenvalue weighted by Gasteiger charge is -2.43. The van der Waals surface area contributed by atoms with E-state index in [0.717, 1.165) is 0 Å².